The number of nitrogens with one attached hydrogen (secondary N) is 1. The van der Waals surface area contributed by atoms with E-state index in [1.165, 1.54) is 19.3 Å². The third-order valence-electron chi connectivity index (χ3n) is 3.20. The molecule has 0 aliphatic heterocycles. The normalized spacial score (nSPS) is 13.2. The maximum absolute atomic E-state index is 9.04. The lowest BCUT2D eigenvalue weighted by Crippen LogP contribution is -2.33. The number of hydrogen-bond donors (Lipinski definition) is 3. The van der Waals surface area contributed by atoms with Gasteiger partial charge in [0, 0.05) is 19.7 Å². The second-order valence-electron chi connectivity index (χ2n) is 5.72. The van der Waals surface area contributed by atoms with Crippen molar-refractivity contribution in [1.82, 2.24) is 5.32 Å². The number of guanidine groups is 1. The van der Waals surface area contributed by atoms with Crippen LogP contribution in [0.1, 0.15) is 59.3 Å². The molecule has 1 atom stereocenters. The van der Waals surface area contributed by atoms with Crippen molar-refractivity contribution in [2.75, 3.05) is 19.7 Å². The van der Waals surface area contributed by atoms with E-state index in [1.54, 1.807) is 0 Å². The fourth-order valence-corrected chi connectivity index (χ4v) is 2.18. The first-order chi connectivity index (χ1) is 9.10. The van der Waals surface area contributed by atoms with Crippen molar-refractivity contribution in [2.24, 2.45) is 22.6 Å². The van der Waals surface area contributed by atoms with Crippen molar-refractivity contribution < 1.29 is 5.11 Å². The molecule has 1 unspecified atom stereocenters. The maximum Gasteiger partial charge on any atom is 0.188 e. The monoisotopic (exact) mass is 399 g/mol. The van der Waals surface area contributed by atoms with E-state index in [9.17, 15) is 0 Å². The average molecular weight is 399 g/mol. The van der Waals surface area contributed by atoms with Gasteiger partial charge < -0.3 is 16.2 Å². The largest absolute Gasteiger partial charge is 0.396 e. The Hall–Kier alpha value is -0.0400. The van der Waals surface area contributed by atoms with Gasteiger partial charge in [-0.25, -0.2) is 0 Å². The molecule has 0 bridgehead atoms. The fraction of sp³-hybridized carbons (Fsp3) is 0.933. The van der Waals surface area contributed by atoms with E-state index in [0.29, 0.717) is 24.3 Å². The molecule has 0 rings (SSSR count). The summed E-state index contributed by atoms with van der Waals surface area (Å²) in [4.78, 5) is 4.39. The zero-order valence-electron chi connectivity index (χ0n) is 13.4. The third kappa shape index (κ3) is 14.4. The quantitative estimate of drug-likeness (QED) is 0.216. The van der Waals surface area contributed by atoms with Crippen LogP contribution in [-0.4, -0.2) is 30.8 Å². The third-order valence-corrected chi connectivity index (χ3v) is 3.20. The molecule has 0 aromatic rings. The molecular formula is C15H34IN3O. The Labute approximate surface area is 142 Å². The van der Waals surface area contributed by atoms with Gasteiger partial charge in [0.2, 0.25) is 0 Å². The van der Waals surface area contributed by atoms with Crippen LogP contribution in [0.25, 0.3) is 0 Å². The van der Waals surface area contributed by atoms with Crippen molar-refractivity contribution in [1.29, 1.82) is 0 Å². The molecule has 5 heteroatoms. The van der Waals surface area contributed by atoms with Gasteiger partial charge in [-0.3, -0.25) is 4.99 Å². The van der Waals surface area contributed by atoms with Crippen molar-refractivity contribution in [3.8, 4) is 0 Å². The van der Waals surface area contributed by atoms with Crippen LogP contribution in [0.2, 0.25) is 0 Å². The Balaban J connectivity index is 0. The van der Waals surface area contributed by atoms with E-state index in [4.69, 9.17) is 10.8 Å². The van der Waals surface area contributed by atoms with Gasteiger partial charge in [-0.15, -0.1) is 24.0 Å². The average Bonchev–Trinajstić information content (AvgIpc) is 2.35. The maximum atomic E-state index is 9.04. The summed E-state index contributed by atoms with van der Waals surface area (Å²) >= 11 is 0. The highest BCUT2D eigenvalue weighted by molar-refractivity contribution is 14.0. The standard InChI is InChI=1S/C15H33N3O.HI/c1-4-5-6-7-9-17-15(16)18-12-14(8-10-19)11-13(2)3;/h13-14,19H,4-12H2,1-3H3,(H3,16,17,18);1H. The molecule has 0 spiro atoms. The van der Waals surface area contributed by atoms with Crippen LogP contribution >= 0.6 is 24.0 Å². The van der Waals surface area contributed by atoms with Crippen molar-refractivity contribution >= 4 is 29.9 Å². The predicted molar refractivity (Wildman–Crippen MR) is 98.7 cm³/mol. The Morgan fingerprint density at radius 1 is 1.25 bits per heavy atom. The number of aliphatic hydroxyl groups excluding tert-OH is 1. The molecule has 4 nitrogen and oxygen atoms in total. The van der Waals surface area contributed by atoms with Gasteiger partial charge in [0.25, 0.3) is 0 Å². The number of aliphatic hydroxyl groups is 1. The minimum atomic E-state index is 0. The number of unbranched alkanes of at least 4 members (excludes halogenated alkanes) is 3. The van der Waals surface area contributed by atoms with E-state index < -0.39 is 0 Å². The molecule has 0 fully saturated rings. The smallest absolute Gasteiger partial charge is 0.188 e. The summed E-state index contributed by atoms with van der Waals surface area (Å²) in [6, 6.07) is 0. The number of nitrogens with two attached hydrogens (primary N) is 1. The molecule has 0 heterocycles. The fourth-order valence-electron chi connectivity index (χ4n) is 2.18. The van der Waals surface area contributed by atoms with Crippen LogP contribution < -0.4 is 11.1 Å². The Morgan fingerprint density at radius 2 is 1.95 bits per heavy atom. The Kier molecular flexibility index (Phi) is 17.1. The molecule has 0 aromatic carbocycles. The lowest BCUT2D eigenvalue weighted by molar-refractivity contribution is 0.246. The number of rotatable bonds is 11. The van der Waals surface area contributed by atoms with Gasteiger partial charge in [0.1, 0.15) is 0 Å². The molecule has 122 valence electrons. The minimum absolute atomic E-state index is 0. The van der Waals surface area contributed by atoms with Crippen LogP contribution in [0.5, 0.6) is 0 Å². The van der Waals surface area contributed by atoms with E-state index in [0.717, 1.165) is 25.8 Å². The van der Waals surface area contributed by atoms with Crippen molar-refractivity contribution in [3.63, 3.8) is 0 Å². The van der Waals surface area contributed by atoms with E-state index in [2.05, 4.69) is 31.1 Å². The van der Waals surface area contributed by atoms with Gasteiger partial charge in [-0.2, -0.15) is 0 Å². The van der Waals surface area contributed by atoms with E-state index in [1.807, 2.05) is 0 Å². The van der Waals surface area contributed by atoms with Gasteiger partial charge in [-0.05, 0) is 31.1 Å². The lowest BCUT2D eigenvalue weighted by atomic mass is 9.94. The summed E-state index contributed by atoms with van der Waals surface area (Å²) in [5, 5.41) is 12.2. The zero-order chi connectivity index (χ0) is 14.5. The Bertz CT molecular complexity index is 235. The molecule has 0 aromatic heterocycles. The molecular weight excluding hydrogens is 365 g/mol. The molecule has 0 aliphatic carbocycles. The Morgan fingerprint density at radius 3 is 2.50 bits per heavy atom. The summed E-state index contributed by atoms with van der Waals surface area (Å²) in [6.45, 7) is 8.46. The van der Waals surface area contributed by atoms with Gasteiger partial charge in [-0.1, -0.05) is 40.0 Å². The molecule has 0 saturated heterocycles. The number of nitrogens with zero attached hydrogens (tertiary/aromatic N) is 1. The lowest BCUT2D eigenvalue weighted by Gasteiger charge is -2.16. The SMILES string of the molecule is CCCCCCNC(N)=NCC(CCO)CC(C)C.I. The van der Waals surface area contributed by atoms with Crippen LogP contribution in [0, 0.1) is 11.8 Å². The first kappa shape index (κ1) is 22.2. The minimum Gasteiger partial charge on any atom is -0.396 e. The highest BCUT2D eigenvalue weighted by Crippen LogP contribution is 2.15. The number of aliphatic imine (C=N–C) groups is 1. The summed E-state index contributed by atoms with van der Waals surface area (Å²) in [5.74, 6) is 1.61. The molecule has 0 aliphatic rings. The molecule has 4 N–H and O–H groups in total. The first-order valence-electron chi connectivity index (χ1n) is 7.74. The zero-order valence-corrected chi connectivity index (χ0v) is 15.7. The number of halogens is 1. The highest BCUT2D eigenvalue weighted by atomic mass is 127. The summed E-state index contributed by atoms with van der Waals surface area (Å²) in [5.41, 5.74) is 5.84. The second kappa shape index (κ2) is 15.4. The topological polar surface area (TPSA) is 70.6 Å². The predicted octanol–water partition coefficient (Wildman–Crippen LogP) is 3.13. The molecule has 20 heavy (non-hydrogen) atoms. The molecule has 0 amide bonds. The van der Waals surface area contributed by atoms with Crippen LogP contribution in [0.15, 0.2) is 4.99 Å². The molecule has 0 saturated carbocycles. The van der Waals surface area contributed by atoms with Crippen LogP contribution in [0.4, 0.5) is 0 Å². The second-order valence-corrected chi connectivity index (χ2v) is 5.72. The van der Waals surface area contributed by atoms with Crippen LogP contribution in [-0.2, 0) is 0 Å². The van der Waals surface area contributed by atoms with E-state index >= 15 is 0 Å². The van der Waals surface area contributed by atoms with E-state index in [-0.39, 0.29) is 30.6 Å². The van der Waals surface area contributed by atoms with Crippen molar-refractivity contribution in [2.45, 2.75) is 59.3 Å². The van der Waals surface area contributed by atoms with Gasteiger partial charge >= 0.3 is 0 Å². The summed E-state index contributed by atoms with van der Waals surface area (Å²) in [7, 11) is 0. The number of hydrogen-bond acceptors (Lipinski definition) is 2. The van der Waals surface area contributed by atoms with Gasteiger partial charge in [0.15, 0.2) is 5.96 Å². The highest BCUT2D eigenvalue weighted by Gasteiger charge is 2.10. The molecule has 0 radical (unpaired) electrons. The van der Waals surface area contributed by atoms with Crippen LogP contribution in [0.3, 0.4) is 0 Å². The summed E-state index contributed by atoms with van der Waals surface area (Å²) in [6.07, 6.45) is 6.83. The first-order valence-corrected chi connectivity index (χ1v) is 7.74. The summed E-state index contributed by atoms with van der Waals surface area (Å²) < 4.78 is 0. The van der Waals surface area contributed by atoms with Crippen molar-refractivity contribution in [3.05, 3.63) is 0 Å². The van der Waals surface area contributed by atoms with Gasteiger partial charge in [0.05, 0.1) is 0 Å².